The molecule has 16 heavy (non-hydrogen) atoms. The molecule has 1 atom stereocenters. The van der Waals surface area contributed by atoms with Gasteiger partial charge in [0.05, 0.1) is 0 Å². The summed E-state index contributed by atoms with van der Waals surface area (Å²) in [4.78, 5) is -0.0402. The molecule has 2 N–H and O–H groups in total. The van der Waals surface area contributed by atoms with Crippen molar-refractivity contribution < 1.29 is 17.9 Å². The molecule has 5 nitrogen and oxygen atoms in total. The molecule has 0 amide bonds. The highest BCUT2D eigenvalue weighted by Crippen LogP contribution is 2.23. The number of hydrogen-bond acceptors (Lipinski definition) is 4. The van der Waals surface area contributed by atoms with Crippen LogP contribution in [0, 0.1) is 0 Å². The third-order valence-electron chi connectivity index (χ3n) is 1.85. The van der Waals surface area contributed by atoms with Gasteiger partial charge in [-0.3, -0.25) is 0 Å². The average Bonchev–Trinajstić information content (AvgIpc) is 2.17. The lowest BCUT2D eigenvalue weighted by Gasteiger charge is -2.16. The summed E-state index contributed by atoms with van der Waals surface area (Å²) in [6, 6.07) is 6.18. The van der Waals surface area contributed by atoms with Crippen molar-refractivity contribution in [2.45, 2.75) is 25.0 Å². The van der Waals surface area contributed by atoms with Crippen LogP contribution in [0.4, 0.5) is 0 Å². The molecule has 0 bridgehead atoms. The van der Waals surface area contributed by atoms with E-state index in [1.807, 2.05) is 6.92 Å². The zero-order valence-corrected chi connectivity index (χ0v) is 10.0. The minimum atomic E-state index is -3.77. The minimum absolute atomic E-state index is 0.0402. The Balaban J connectivity index is 2.96. The van der Waals surface area contributed by atoms with Crippen LogP contribution in [0.5, 0.6) is 5.75 Å². The molecule has 6 heteroatoms. The highest BCUT2D eigenvalue weighted by atomic mass is 32.2. The maximum atomic E-state index is 11.3. The highest BCUT2D eigenvalue weighted by molar-refractivity contribution is 7.89. The first-order chi connectivity index (χ1) is 7.45. The van der Waals surface area contributed by atoms with E-state index in [9.17, 15) is 8.42 Å². The summed E-state index contributed by atoms with van der Waals surface area (Å²) in [5, 5.41) is 5.06. The molecule has 1 aromatic carbocycles. The number of nitrogens with two attached hydrogens (primary N) is 1. The highest BCUT2D eigenvalue weighted by Gasteiger charge is 2.16. The molecule has 90 valence electrons. The summed E-state index contributed by atoms with van der Waals surface area (Å²) >= 11 is 0. The summed E-state index contributed by atoms with van der Waals surface area (Å²) < 4.78 is 33.0. The Kier molecular flexibility index (Phi) is 4.28. The third kappa shape index (κ3) is 3.48. The van der Waals surface area contributed by atoms with Gasteiger partial charge in [0.1, 0.15) is 10.6 Å². The van der Waals surface area contributed by atoms with Crippen molar-refractivity contribution in [2.24, 2.45) is 5.14 Å². The summed E-state index contributed by atoms with van der Waals surface area (Å²) in [7, 11) is -3.77. The molecule has 0 saturated heterocycles. The van der Waals surface area contributed by atoms with Crippen LogP contribution in [0.2, 0.25) is 0 Å². The van der Waals surface area contributed by atoms with Crippen LogP contribution < -0.4 is 9.88 Å². The molecule has 1 unspecified atom stereocenters. The van der Waals surface area contributed by atoms with Crippen molar-refractivity contribution in [1.82, 2.24) is 0 Å². The van der Waals surface area contributed by atoms with Crippen LogP contribution >= 0.6 is 0 Å². The SMILES string of the molecule is CCOC(C)Oc1ccccc1S(N)(=O)=O. The first-order valence-corrected chi connectivity index (χ1v) is 6.40. The van der Waals surface area contributed by atoms with Gasteiger partial charge in [-0.15, -0.1) is 0 Å². The van der Waals surface area contributed by atoms with Crippen LogP contribution in [-0.2, 0) is 14.8 Å². The minimum Gasteiger partial charge on any atom is -0.464 e. The Labute approximate surface area is 95.2 Å². The largest absolute Gasteiger partial charge is 0.464 e. The van der Waals surface area contributed by atoms with Gasteiger partial charge in [-0.05, 0) is 26.0 Å². The number of sulfonamides is 1. The van der Waals surface area contributed by atoms with E-state index in [1.165, 1.54) is 12.1 Å². The molecular formula is C10H15NO4S. The molecule has 0 fully saturated rings. The Morgan fingerprint density at radius 3 is 2.56 bits per heavy atom. The smallest absolute Gasteiger partial charge is 0.241 e. The number of benzene rings is 1. The lowest BCUT2D eigenvalue weighted by atomic mass is 10.3. The Morgan fingerprint density at radius 1 is 1.38 bits per heavy atom. The predicted octanol–water partition coefficient (Wildman–Crippen LogP) is 1.10. The summed E-state index contributed by atoms with van der Waals surface area (Å²) in [5.41, 5.74) is 0. The first-order valence-electron chi connectivity index (χ1n) is 4.85. The Hall–Kier alpha value is -1.11. The van der Waals surface area contributed by atoms with Gasteiger partial charge in [-0.25, -0.2) is 13.6 Å². The number of para-hydroxylation sites is 1. The standard InChI is InChI=1S/C10H15NO4S/c1-3-14-8(2)15-9-6-4-5-7-10(9)16(11,12)13/h4-8H,3H2,1-2H3,(H2,11,12,13). The van der Waals surface area contributed by atoms with Gasteiger partial charge in [0.25, 0.3) is 0 Å². The van der Waals surface area contributed by atoms with Crippen LogP contribution in [-0.4, -0.2) is 21.3 Å². The van der Waals surface area contributed by atoms with Crippen molar-refractivity contribution in [3.8, 4) is 5.75 Å². The van der Waals surface area contributed by atoms with E-state index in [4.69, 9.17) is 14.6 Å². The number of hydrogen-bond donors (Lipinski definition) is 1. The quantitative estimate of drug-likeness (QED) is 0.788. The Bertz CT molecular complexity index is 444. The van der Waals surface area contributed by atoms with Crippen molar-refractivity contribution in [2.75, 3.05) is 6.61 Å². The lowest BCUT2D eigenvalue weighted by molar-refractivity contribution is -0.0628. The maximum Gasteiger partial charge on any atom is 0.241 e. The molecular weight excluding hydrogens is 230 g/mol. The molecule has 1 rings (SSSR count). The Morgan fingerprint density at radius 2 is 2.00 bits per heavy atom. The normalized spacial score (nSPS) is 13.4. The molecule has 0 aromatic heterocycles. The van der Waals surface area contributed by atoms with Crippen molar-refractivity contribution in [3.05, 3.63) is 24.3 Å². The molecule has 0 aliphatic carbocycles. The second-order valence-electron chi connectivity index (χ2n) is 3.13. The molecule has 0 aliphatic heterocycles. The fourth-order valence-corrected chi connectivity index (χ4v) is 1.89. The van der Waals surface area contributed by atoms with Gasteiger partial charge in [0, 0.05) is 6.61 Å². The van der Waals surface area contributed by atoms with E-state index in [0.29, 0.717) is 6.61 Å². The molecule has 0 radical (unpaired) electrons. The van der Waals surface area contributed by atoms with Crippen molar-refractivity contribution in [3.63, 3.8) is 0 Å². The topological polar surface area (TPSA) is 78.6 Å². The number of rotatable bonds is 5. The number of ether oxygens (including phenoxy) is 2. The predicted molar refractivity (Wildman–Crippen MR) is 59.5 cm³/mol. The molecule has 0 aliphatic rings. The first kappa shape index (κ1) is 13.0. The zero-order valence-electron chi connectivity index (χ0n) is 9.21. The fourth-order valence-electron chi connectivity index (χ4n) is 1.23. The fraction of sp³-hybridized carbons (Fsp3) is 0.400. The van der Waals surface area contributed by atoms with Crippen LogP contribution in [0.25, 0.3) is 0 Å². The monoisotopic (exact) mass is 245 g/mol. The average molecular weight is 245 g/mol. The summed E-state index contributed by atoms with van der Waals surface area (Å²) in [6.07, 6.45) is -0.520. The van der Waals surface area contributed by atoms with Gasteiger partial charge in [0.2, 0.25) is 10.0 Å². The van der Waals surface area contributed by atoms with E-state index >= 15 is 0 Å². The molecule has 0 spiro atoms. The van der Waals surface area contributed by atoms with Crippen LogP contribution in [0.15, 0.2) is 29.2 Å². The van der Waals surface area contributed by atoms with Crippen LogP contribution in [0.1, 0.15) is 13.8 Å². The van der Waals surface area contributed by atoms with Gasteiger partial charge < -0.3 is 9.47 Å². The van der Waals surface area contributed by atoms with E-state index in [0.717, 1.165) is 0 Å². The third-order valence-corrected chi connectivity index (χ3v) is 2.80. The van der Waals surface area contributed by atoms with Crippen molar-refractivity contribution >= 4 is 10.0 Å². The number of primary sulfonamides is 1. The second kappa shape index (κ2) is 5.29. The second-order valence-corrected chi connectivity index (χ2v) is 4.66. The van der Waals surface area contributed by atoms with E-state index in [1.54, 1.807) is 19.1 Å². The summed E-state index contributed by atoms with van der Waals surface area (Å²) in [5.74, 6) is 0.200. The summed E-state index contributed by atoms with van der Waals surface area (Å²) in [6.45, 7) is 3.99. The molecule has 0 heterocycles. The van der Waals surface area contributed by atoms with Crippen LogP contribution in [0.3, 0.4) is 0 Å². The van der Waals surface area contributed by atoms with Gasteiger partial charge in [-0.2, -0.15) is 0 Å². The van der Waals surface area contributed by atoms with E-state index in [2.05, 4.69) is 0 Å². The van der Waals surface area contributed by atoms with E-state index < -0.39 is 16.3 Å². The maximum absolute atomic E-state index is 11.3. The van der Waals surface area contributed by atoms with Gasteiger partial charge in [-0.1, -0.05) is 12.1 Å². The molecule has 0 saturated carbocycles. The lowest BCUT2D eigenvalue weighted by Crippen LogP contribution is -2.19. The van der Waals surface area contributed by atoms with Crippen molar-refractivity contribution in [1.29, 1.82) is 0 Å². The van der Waals surface area contributed by atoms with Gasteiger partial charge >= 0.3 is 0 Å². The zero-order chi connectivity index (χ0) is 12.2. The van der Waals surface area contributed by atoms with Gasteiger partial charge in [0.15, 0.2) is 6.29 Å². The molecule has 1 aromatic rings. The van der Waals surface area contributed by atoms with E-state index in [-0.39, 0.29) is 10.6 Å².